The van der Waals surface area contributed by atoms with E-state index in [2.05, 4.69) is 15.1 Å². The molecule has 17 heavy (non-hydrogen) atoms. The molecule has 1 heterocycles. The van der Waals surface area contributed by atoms with Gasteiger partial charge in [-0.15, -0.1) is 21.5 Å². The van der Waals surface area contributed by atoms with Crippen molar-refractivity contribution < 1.29 is 14.7 Å². The Morgan fingerprint density at radius 1 is 1.76 bits per heavy atom. The van der Waals surface area contributed by atoms with Crippen LogP contribution < -0.4 is 11.1 Å². The number of nitrogens with two attached hydrogens (primary N) is 1. The number of carbonyl (C=O) groups excluding carboxylic acids is 1. The van der Waals surface area contributed by atoms with Crippen LogP contribution in [0.15, 0.2) is 10.9 Å². The number of thiazole rings is 1. The molecule has 0 radical (unpaired) electrons. The quantitative estimate of drug-likeness (QED) is 0.381. The Kier molecular flexibility index (Phi) is 5.30. The van der Waals surface area contributed by atoms with Gasteiger partial charge in [0.25, 0.3) is 5.09 Å². The zero-order valence-electron chi connectivity index (χ0n) is 8.87. The number of carbonyl (C=O) groups is 1. The molecule has 1 aromatic rings. The lowest BCUT2D eigenvalue weighted by molar-refractivity contribution is -0.757. The molecule has 0 saturated carbocycles. The average molecular weight is 260 g/mol. The largest absolute Gasteiger partial charge is 0.353 e. The zero-order valence-corrected chi connectivity index (χ0v) is 9.68. The summed E-state index contributed by atoms with van der Waals surface area (Å²) in [6.07, 6.45) is 0.339. The van der Waals surface area contributed by atoms with Gasteiger partial charge in [0.05, 0.1) is 17.2 Å². The van der Waals surface area contributed by atoms with Crippen molar-refractivity contribution in [1.82, 2.24) is 10.3 Å². The molecule has 1 atom stereocenters. The average Bonchev–Trinajstić information content (AvgIpc) is 2.76. The van der Waals surface area contributed by atoms with Gasteiger partial charge in [-0.25, -0.2) is 4.98 Å². The minimum Gasteiger partial charge on any atom is -0.353 e. The van der Waals surface area contributed by atoms with Gasteiger partial charge in [-0.1, -0.05) is 0 Å². The van der Waals surface area contributed by atoms with E-state index in [1.807, 2.05) is 5.38 Å². The fraction of sp³-hybridized carbons (Fsp3) is 0.500. The smallest absolute Gasteiger partial charge is 0.294 e. The van der Waals surface area contributed by atoms with Crippen LogP contribution >= 0.6 is 11.3 Å². The van der Waals surface area contributed by atoms with Gasteiger partial charge in [-0.2, -0.15) is 0 Å². The molecule has 0 aliphatic heterocycles. The molecule has 0 spiro atoms. The number of amides is 1. The van der Waals surface area contributed by atoms with Crippen LogP contribution in [0.25, 0.3) is 0 Å². The molecular formula is C8H12N4O4S. The first-order chi connectivity index (χ1) is 8.09. The summed E-state index contributed by atoms with van der Waals surface area (Å²) in [5.74, 6) is -0.384. The Labute approximate surface area is 101 Å². The third-order valence-corrected chi connectivity index (χ3v) is 2.48. The first kappa shape index (κ1) is 13.3. The number of hydrogen-bond donors (Lipinski definition) is 2. The molecule has 1 rings (SSSR count). The van der Waals surface area contributed by atoms with Crippen molar-refractivity contribution in [3.63, 3.8) is 0 Å². The number of aromatic nitrogens is 1. The van der Waals surface area contributed by atoms with Crippen LogP contribution in [0, 0.1) is 10.1 Å². The minimum absolute atomic E-state index is 0.0462. The highest BCUT2D eigenvalue weighted by Crippen LogP contribution is 2.03. The predicted octanol–water partition coefficient (Wildman–Crippen LogP) is -0.663. The van der Waals surface area contributed by atoms with Crippen LogP contribution in [-0.2, 0) is 16.1 Å². The summed E-state index contributed by atoms with van der Waals surface area (Å²) in [6, 6.07) is -0.715. The summed E-state index contributed by atoms with van der Waals surface area (Å²) < 4.78 is 0. The number of nitrogens with one attached hydrogen (secondary N) is 1. The van der Waals surface area contributed by atoms with E-state index in [1.165, 1.54) is 11.3 Å². The maximum absolute atomic E-state index is 11.4. The highest BCUT2D eigenvalue weighted by Gasteiger charge is 2.14. The molecule has 0 fully saturated rings. The van der Waals surface area contributed by atoms with Crippen LogP contribution in [-0.4, -0.2) is 35.2 Å². The normalized spacial score (nSPS) is 11.8. The van der Waals surface area contributed by atoms with Gasteiger partial charge >= 0.3 is 0 Å². The minimum atomic E-state index is -0.915. The molecule has 0 aromatic carbocycles. The van der Waals surface area contributed by atoms with Crippen LogP contribution in [0.3, 0.4) is 0 Å². The fourth-order valence-electron chi connectivity index (χ4n) is 1.08. The van der Waals surface area contributed by atoms with Crippen LogP contribution in [0.2, 0.25) is 0 Å². The van der Waals surface area contributed by atoms with Crippen molar-refractivity contribution in [2.45, 2.75) is 12.5 Å². The molecule has 3 N–H and O–H groups in total. The second-order valence-electron chi connectivity index (χ2n) is 3.14. The molecule has 0 bridgehead atoms. The molecule has 0 unspecified atom stereocenters. The molecule has 1 aromatic heterocycles. The van der Waals surface area contributed by atoms with Gasteiger partial charge in [-0.3, -0.25) is 4.79 Å². The lowest BCUT2D eigenvalue weighted by Crippen LogP contribution is -2.43. The molecular weight excluding hydrogens is 248 g/mol. The Morgan fingerprint density at radius 3 is 3.12 bits per heavy atom. The second-order valence-corrected chi connectivity index (χ2v) is 3.86. The van der Waals surface area contributed by atoms with E-state index in [1.54, 1.807) is 5.51 Å². The maximum atomic E-state index is 11.4. The summed E-state index contributed by atoms with van der Waals surface area (Å²) in [6.45, 7) is -0.146. The van der Waals surface area contributed by atoms with E-state index >= 15 is 0 Å². The van der Waals surface area contributed by atoms with Crippen molar-refractivity contribution in [1.29, 1.82) is 0 Å². The van der Waals surface area contributed by atoms with Gasteiger partial charge in [0.15, 0.2) is 0 Å². The Hall–Kier alpha value is -1.74. The van der Waals surface area contributed by atoms with Gasteiger partial charge in [0.2, 0.25) is 5.91 Å². The van der Waals surface area contributed by atoms with E-state index in [-0.39, 0.29) is 19.1 Å². The monoisotopic (exact) mass is 260 g/mol. The summed E-state index contributed by atoms with van der Waals surface area (Å²) in [5.41, 5.74) is 8.04. The SMILES string of the molecule is N[C@@H](Cc1cscn1)C(=O)NCCO[N+](=O)[O-]. The third kappa shape index (κ3) is 5.22. The molecule has 94 valence electrons. The fourth-order valence-corrected chi connectivity index (χ4v) is 1.65. The molecule has 0 saturated heterocycles. The number of hydrogen-bond acceptors (Lipinski definition) is 7. The van der Waals surface area contributed by atoms with Crippen LogP contribution in [0.5, 0.6) is 0 Å². The van der Waals surface area contributed by atoms with E-state index in [4.69, 9.17) is 5.73 Å². The first-order valence-electron chi connectivity index (χ1n) is 4.77. The summed E-state index contributed by atoms with van der Waals surface area (Å²) in [4.78, 5) is 29.3. The van der Waals surface area contributed by atoms with Gasteiger partial charge < -0.3 is 15.9 Å². The summed E-state index contributed by atoms with van der Waals surface area (Å²) in [7, 11) is 0. The lowest BCUT2D eigenvalue weighted by atomic mass is 10.2. The summed E-state index contributed by atoms with van der Waals surface area (Å²) >= 11 is 1.42. The van der Waals surface area contributed by atoms with Gasteiger partial charge in [0, 0.05) is 18.3 Å². The summed E-state index contributed by atoms with van der Waals surface area (Å²) in [5, 5.41) is 13.2. The van der Waals surface area contributed by atoms with Gasteiger partial charge in [-0.05, 0) is 0 Å². The molecule has 9 heteroatoms. The predicted molar refractivity (Wildman–Crippen MR) is 59.7 cm³/mol. The zero-order chi connectivity index (χ0) is 12.7. The van der Waals surface area contributed by atoms with Crippen molar-refractivity contribution >= 4 is 17.2 Å². The maximum Gasteiger partial charge on any atom is 0.294 e. The highest BCUT2D eigenvalue weighted by atomic mass is 32.1. The Morgan fingerprint density at radius 2 is 2.53 bits per heavy atom. The third-order valence-electron chi connectivity index (χ3n) is 1.85. The van der Waals surface area contributed by atoms with Crippen molar-refractivity contribution in [3.05, 3.63) is 26.7 Å². The Bertz CT molecular complexity index is 370. The van der Waals surface area contributed by atoms with E-state index in [0.717, 1.165) is 5.69 Å². The second kappa shape index (κ2) is 6.76. The molecule has 0 aliphatic rings. The van der Waals surface area contributed by atoms with Crippen LogP contribution in [0.1, 0.15) is 5.69 Å². The van der Waals surface area contributed by atoms with Gasteiger partial charge in [0.1, 0.15) is 6.61 Å². The van der Waals surface area contributed by atoms with Crippen molar-refractivity contribution in [3.8, 4) is 0 Å². The van der Waals surface area contributed by atoms with Crippen molar-refractivity contribution in [2.75, 3.05) is 13.2 Å². The number of rotatable bonds is 7. The van der Waals surface area contributed by atoms with E-state index in [0.29, 0.717) is 6.42 Å². The molecule has 1 amide bonds. The molecule has 0 aliphatic carbocycles. The Balaban J connectivity index is 2.20. The van der Waals surface area contributed by atoms with Crippen molar-refractivity contribution in [2.24, 2.45) is 5.73 Å². The molecule has 8 nitrogen and oxygen atoms in total. The topological polar surface area (TPSA) is 120 Å². The van der Waals surface area contributed by atoms with E-state index in [9.17, 15) is 14.9 Å². The number of nitrogens with zero attached hydrogens (tertiary/aromatic N) is 2. The first-order valence-corrected chi connectivity index (χ1v) is 5.71. The standard InChI is InChI=1S/C8H12N4O4S/c9-7(3-6-4-17-5-11-6)8(13)10-1-2-16-12(14)15/h4-5,7H,1-3,9H2,(H,10,13)/t7-/m0/s1. The highest BCUT2D eigenvalue weighted by molar-refractivity contribution is 7.07. The van der Waals surface area contributed by atoms with E-state index < -0.39 is 11.1 Å². The lowest BCUT2D eigenvalue weighted by Gasteiger charge is -2.10. The van der Waals surface area contributed by atoms with Crippen LogP contribution in [0.4, 0.5) is 0 Å².